The Morgan fingerprint density at radius 2 is 1.79 bits per heavy atom. The lowest BCUT2D eigenvalue weighted by Gasteiger charge is -2.31. The fraction of sp³-hybridized carbons (Fsp3) is 0.406. The Hall–Kier alpha value is -3.28. The molecule has 0 aromatic heterocycles. The molecule has 1 aliphatic heterocycles. The first-order valence-corrected chi connectivity index (χ1v) is 15.7. The van der Waals surface area contributed by atoms with E-state index in [9.17, 15) is 18.3 Å². The lowest BCUT2D eigenvalue weighted by Crippen LogP contribution is -2.51. The van der Waals surface area contributed by atoms with Gasteiger partial charge < -0.3 is 25.6 Å². The van der Waals surface area contributed by atoms with E-state index in [2.05, 4.69) is 5.32 Å². The Labute approximate surface area is 248 Å². The summed E-state index contributed by atoms with van der Waals surface area (Å²) in [6.07, 6.45) is -0.197. The molecule has 1 fully saturated rings. The minimum absolute atomic E-state index is 0.0659. The number of hydrogen-bond donors (Lipinski definition) is 3. The first-order chi connectivity index (χ1) is 20.2. The maximum Gasteiger partial charge on any atom is 0.251 e. The van der Waals surface area contributed by atoms with Crippen LogP contribution < -0.4 is 15.8 Å². The van der Waals surface area contributed by atoms with Crippen molar-refractivity contribution in [3.8, 4) is 5.75 Å². The van der Waals surface area contributed by atoms with E-state index in [1.54, 1.807) is 30.3 Å². The molecule has 1 saturated heterocycles. The first kappa shape index (κ1) is 31.7. The summed E-state index contributed by atoms with van der Waals surface area (Å²) in [4.78, 5) is 13.7. The molecular formula is C32H41N3O6S. The Balaban J connectivity index is 1.58. The van der Waals surface area contributed by atoms with Crippen LogP contribution in [0.5, 0.6) is 5.75 Å². The summed E-state index contributed by atoms with van der Waals surface area (Å²) in [7, 11) is -3.93. The number of carbonyl (C=O) groups excluding carboxylic acids is 1. The number of aliphatic hydroxyl groups excluding tert-OH is 1. The van der Waals surface area contributed by atoms with Crippen molar-refractivity contribution in [3.63, 3.8) is 0 Å². The lowest BCUT2D eigenvalue weighted by molar-refractivity contribution is 0.0774. The first-order valence-electron chi connectivity index (χ1n) is 14.3. The number of hydrogen-bond acceptors (Lipinski definition) is 7. The molecule has 2 unspecified atom stereocenters. The molecule has 1 aliphatic rings. The van der Waals surface area contributed by atoms with Crippen LogP contribution in [0.3, 0.4) is 0 Å². The second-order valence-electron chi connectivity index (χ2n) is 11.0. The van der Waals surface area contributed by atoms with Crippen molar-refractivity contribution in [2.75, 3.05) is 32.8 Å². The van der Waals surface area contributed by atoms with Gasteiger partial charge in [0.15, 0.2) is 0 Å². The molecule has 226 valence electrons. The van der Waals surface area contributed by atoms with Crippen molar-refractivity contribution in [2.24, 2.45) is 11.7 Å². The van der Waals surface area contributed by atoms with Gasteiger partial charge in [-0.2, -0.15) is 4.31 Å². The van der Waals surface area contributed by atoms with Crippen molar-refractivity contribution in [2.45, 2.75) is 49.8 Å². The molecule has 0 saturated carbocycles. The van der Waals surface area contributed by atoms with Crippen molar-refractivity contribution < 1.29 is 27.8 Å². The molecule has 42 heavy (non-hydrogen) atoms. The summed E-state index contributed by atoms with van der Waals surface area (Å²) >= 11 is 0. The zero-order chi connectivity index (χ0) is 30.1. The van der Waals surface area contributed by atoms with E-state index in [0.717, 1.165) is 17.5 Å². The second kappa shape index (κ2) is 14.8. The average molecular weight is 596 g/mol. The Morgan fingerprint density at radius 3 is 2.43 bits per heavy atom. The highest BCUT2D eigenvalue weighted by Gasteiger charge is 2.32. The van der Waals surface area contributed by atoms with Gasteiger partial charge in [0.25, 0.3) is 5.91 Å². The molecule has 0 bridgehead atoms. The van der Waals surface area contributed by atoms with Crippen molar-refractivity contribution in [1.82, 2.24) is 9.62 Å². The summed E-state index contributed by atoms with van der Waals surface area (Å²) < 4.78 is 39.9. The van der Waals surface area contributed by atoms with Crippen LogP contribution >= 0.6 is 0 Å². The normalized spacial score (nSPS) is 17.5. The molecule has 3 aromatic rings. The highest BCUT2D eigenvalue weighted by molar-refractivity contribution is 7.89. The minimum atomic E-state index is -3.93. The van der Waals surface area contributed by atoms with Gasteiger partial charge in [0, 0.05) is 25.1 Å². The molecule has 1 amide bonds. The van der Waals surface area contributed by atoms with Gasteiger partial charge in [0.1, 0.15) is 11.9 Å². The second-order valence-corrected chi connectivity index (χ2v) is 12.9. The van der Waals surface area contributed by atoms with Gasteiger partial charge in [-0.15, -0.1) is 0 Å². The third-order valence-corrected chi connectivity index (χ3v) is 9.12. The molecule has 4 rings (SSSR count). The highest BCUT2D eigenvalue weighted by atomic mass is 32.2. The van der Waals surface area contributed by atoms with Crippen molar-refractivity contribution in [3.05, 3.63) is 95.6 Å². The number of aryl methyl sites for hydroxylation is 1. The largest absolute Gasteiger partial charge is 0.488 e. The van der Waals surface area contributed by atoms with Crippen LogP contribution in [0.15, 0.2) is 83.8 Å². The number of rotatable bonds is 14. The maximum atomic E-state index is 13.6. The lowest BCUT2D eigenvalue weighted by atomic mass is 10.00. The Morgan fingerprint density at radius 1 is 1.10 bits per heavy atom. The molecule has 4 N–H and O–H groups in total. The summed E-state index contributed by atoms with van der Waals surface area (Å²) in [5, 5.41) is 14.5. The van der Waals surface area contributed by atoms with Gasteiger partial charge in [0.05, 0.1) is 30.3 Å². The summed E-state index contributed by atoms with van der Waals surface area (Å²) in [6.45, 7) is 5.08. The van der Waals surface area contributed by atoms with E-state index in [-0.39, 0.29) is 42.5 Å². The third-order valence-electron chi connectivity index (χ3n) is 7.27. The predicted octanol–water partition coefficient (Wildman–Crippen LogP) is 3.15. The number of benzene rings is 3. The van der Waals surface area contributed by atoms with Gasteiger partial charge in [-0.25, -0.2) is 8.42 Å². The van der Waals surface area contributed by atoms with Crippen LogP contribution in [-0.2, 0) is 21.2 Å². The zero-order valence-electron chi connectivity index (χ0n) is 24.2. The van der Waals surface area contributed by atoms with Crippen LogP contribution in [-0.4, -0.2) is 74.8 Å². The molecule has 4 atom stereocenters. The number of nitrogens with zero attached hydrogens (tertiary/aromatic N) is 1. The molecule has 1 heterocycles. The number of ether oxygens (including phenoxy) is 2. The summed E-state index contributed by atoms with van der Waals surface area (Å²) in [5.41, 5.74) is 7.98. The standard InChI is InChI=1S/C32H41N3O6S/c1-23-15-26(18-28(16-23)41-27-13-14-40-22-27)32(37)34-30(17-25-9-5-3-6-10-25)31(36)21-35(20-24(2)19-33)42(38,39)29-11-7-4-8-12-29/h3-12,15-16,18,24,27,30-31,36H,13-14,17,19-22,33H2,1-2H3,(H,34,37)/t24?,27?,30-,31+/m0/s1. The molecule has 0 radical (unpaired) electrons. The van der Waals surface area contributed by atoms with Crippen LogP contribution in [0.25, 0.3) is 0 Å². The fourth-order valence-electron chi connectivity index (χ4n) is 4.92. The smallest absolute Gasteiger partial charge is 0.251 e. The SMILES string of the molecule is Cc1cc(OC2CCOC2)cc(C(=O)N[C@@H](Cc2ccccc2)[C@H](O)CN(CC(C)CN)S(=O)(=O)c2ccccc2)c1. The van der Waals surface area contributed by atoms with Gasteiger partial charge in [0.2, 0.25) is 10.0 Å². The maximum absolute atomic E-state index is 13.6. The van der Waals surface area contributed by atoms with Gasteiger partial charge in [-0.1, -0.05) is 55.5 Å². The van der Waals surface area contributed by atoms with Gasteiger partial charge >= 0.3 is 0 Å². The highest BCUT2D eigenvalue weighted by Crippen LogP contribution is 2.22. The van der Waals surface area contributed by atoms with Crippen LogP contribution in [0.1, 0.15) is 34.8 Å². The van der Waals surface area contributed by atoms with E-state index >= 15 is 0 Å². The monoisotopic (exact) mass is 595 g/mol. The predicted molar refractivity (Wildman–Crippen MR) is 162 cm³/mol. The molecule has 9 nitrogen and oxygen atoms in total. The third kappa shape index (κ3) is 8.62. The van der Waals surface area contributed by atoms with E-state index in [1.807, 2.05) is 50.2 Å². The summed E-state index contributed by atoms with van der Waals surface area (Å²) in [6, 6.07) is 22.1. The number of aliphatic hydroxyl groups is 1. The van der Waals surface area contributed by atoms with Crippen LogP contribution in [0, 0.1) is 12.8 Å². The van der Waals surface area contributed by atoms with Gasteiger partial charge in [-0.3, -0.25) is 4.79 Å². The van der Waals surface area contributed by atoms with E-state index in [0.29, 0.717) is 30.9 Å². The van der Waals surface area contributed by atoms with E-state index in [1.165, 1.54) is 16.4 Å². The Kier molecular flexibility index (Phi) is 11.1. The number of nitrogens with two attached hydrogens (primary N) is 1. The molecule has 10 heteroatoms. The molecule has 3 aromatic carbocycles. The van der Waals surface area contributed by atoms with Crippen LogP contribution in [0.2, 0.25) is 0 Å². The number of carbonyl (C=O) groups is 1. The fourth-order valence-corrected chi connectivity index (χ4v) is 6.52. The van der Waals surface area contributed by atoms with Gasteiger partial charge in [-0.05, 0) is 67.3 Å². The minimum Gasteiger partial charge on any atom is -0.488 e. The number of sulfonamides is 1. The number of nitrogens with one attached hydrogen (secondary N) is 1. The Bertz CT molecular complexity index is 1400. The van der Waals surface area contributed by atoms with E-state index in [4.69, 9.17) is 15.2 Å². The summed E-state index contributed by atoms with van der Waals surface area (Å²) in [5.74, 6) is 0.0412. The van der Waals surface area contributed by atoms with Crippen LogP contribution in [0.4, 0.5) is 0 Å². The zero-order valence-corrected chi connectivity index (χ0v) is 25.0. The molecular weight excluding hydrogens is 554 g/mol. The average Bonchev–Trinajstić information content (AvgIpc) is 3.50. The number of amides is 1. The quantitative estimate of drug-likeness (QED) is 0.261. The molecule has 0 aliphatic carbocycles. The molecule has 0 spiro atoms. The van der Waals surface area contributed by atoms with Crippen molar-refractivity contribution >= 4 is 15.9 Å². The van der Waals surface area contributed by atoms with E-state index < -0.39 is 22.2 Å². The van der Waals surface area contributed by atoms with Crippen molar-refractivity contribution in [1.29, 1.82) is 0 Å². The topological polar surface area (TPSA) is 131 Å².